The van der Waals surface area contributed by atoms with Gasteiger partial charge in [0.25, 0.3) is 0 Å². The van der Waals surface area contributed by atoms with Crippen LogP contribution in [-0.2, 0) is 6.18 Å². The first kappa shape index (κ1) is 15.1. The summed E-state index contributed by atoms with van der Waals surface area (Å²) >= 11 is 5.21. The number of anilines is 1. The summed E-state index contributed by atoms with van der Waals surface area (Å²) < 4.78 is 37.3. The average Bonchev–Trinajstić information content (AvgIpc) is 2.39. The van der Waals surface area contributed by atoms with E-state index in [2.05, 4.69) is 5.32 Å². The highest BCUT2D eigenvalue weighted by atomic mass is 32.1. The number of halogens is 3. The van der Waals surface area contributed by atoms with Crippen LogP contribution in [0.1, 0.15) is 18.4 Å². The van der Waals surface area contributed by atoms with E-state index in [1.807, 2.05) is 4.90 Å². The van der Waals surface area contributed by atoms with Crippen molar-refractivity contribution in [3.8, 4) is 0 Å². The maximum atomic E-state index is 12.4. The molecule has 1 heterocycles. The molecule has 0 aromatic heterocycles. The van der Waals surface area contributed by atoms with Crippen molar-refractivity contribution in [3.63, 3.8) is 0 Å². The molecule has 0 bridgehead atoms. The number of benzene rings is 1. The van der Waals surface area contributed by atoms with E-state index >= 15 is 0 Å². The van der Waals surface area contributed by atoms with Crippen LogP contribution < -0.4 is 5.32 Å². The van der Waals surface area contributed by atoms with Gasteiger partial charge in [-0.25, -0.2) is 0 Å². The lowest BCUT2D eigenvalue weighted by Gasteiger charge is -2.31. The average molecular weight is 304 g/mol. The Kier molecular flexibility index (Phi) is 4.49. The zero-order valence-corrected chi connectivity index (χ0v) is 11.5. The number of aliphatic hydroxyl groups excluding tert-OH is 1. The largest absolute Gasteiger partial charge is 0.416 e. The van der Waals surface area contributed by atoms with Gasteiger partial charge in [-0.15, -0.1) is 0 Å². The molecule has 110 valence electrons. The third-order valence-corrected chi connectivity index (χ3v) is 3.58. The number of hydrogen-bond donors (Lipinski definition) is 2. The van der Waals surface area contributed by atoms with E-state index in [9.17, 15) is 18.3 Å². The number of rotatable bonds is 1. The van der Waals surface area contributed by atoms with Crippen LogP contribution in [0.2, 0.25) is 0 Å². The van der Waals surface area contributed by atoms with Crippen molar-refractivity contribution < 1.29 is 18.3 Å². The fourth-order valence-electron chi connectivity index (χ4n) is 2.01. The Morgan fingerprint density at radius 3 is 2.25 bits per heavy atom. The summed E-state index contributed by atoms with van der Waals surface area (Å²) in [6.07, 6.45) is -3.33. The third-order valence-electron chi connectivity index (χ3n) is 3.22. The Morgan fingerprint density at radius 1 is 1.20 bits per heavy atom. The highest BCUT2D eigenvalue weighted by Crippen LogP contribution is 2.29. The maximum absolute atomic E-state index is 12.4. The van der Waals surface area contributed by atoms with Gasteiger partial charge in [-0.05, 0) is 49.3 Å². The third kappa shape index (κ3) is 3.83. The second-order valence-corrected chi connectivity index (χ2v) is 5.11. The summed E-state index contributed by atoms with van der Waals surface area (Å²) in [5.74, 6) is 0. The fraction of sp³-hybridized carbons (Fsp3) is 0.462. The molecule has 0 spiro atoms. The van der Waals surface area contributed by atoms with Gasteiger partial charge in [0, 0.05) is 18.8 Å². The zero-order valence-electron chi connectivity index (χ0n) is 10.7. The van der Waals surface area contributed by atoms with Gasteiger partial charge in [0.05, 0.1) is 11.7 Å². The maximum Gasteiger partial charge on any atom is 0.416 e. The number of thiocarbonyl (C=S) groups is 1. The molecular weight excluding hydrogens is 289 g/mol. The van der Waals surface area contributed by atoms with Gasteiger partial charge in [-0.2, -0.15) is 13.2 Å². The van der Waals surface area contributed by atoms with Crippen LogP contribution in [0.5, 0.6) is 0 Å². The molecule has 0 amide bonds. The SMILES string of the molecule is OC1CCN(C(=S)Nc2ccc(C(F)(F)F)cc2)CC1. The predicted molar refractivity (Wildman–Crippen MR) is 74.5 cm³/mol. The van der Waals surface area contributed by atoms with Crippen LogP contribution in [0.4, 0.5) is 18.9 Å². The van der Waals surface area contributed by atoms with Gasteiger partial charge in [0.2, 0.25) is 0 Å². The number of piperidine rings is 1. The quantitative estimate of drug-likeness (QED) is 0.782. The monoisotopic (exact) mass is 304 g/mol. The molecule has 2 N–H and O–H groups in total. The first-order valence-electron chi connectivity index (χ1n) is 6.27. The number of aliphatic hydroxyl groups is 1. The Morgan fingerprint density at radius 2 is 1.75 bits per heavy atom. The second-order valence-electron chi connectivity index (χ2n) is 4.72. The van der Waals surface area contributed by atoms with Crippen molar-refractivity contribution in [1.29, 1.82) is 0 Å². The van der Waals surface area contributed by atoms with Gasteiger partial charge >= 0.3 is 6.18 Å². The van der Waals surface area contributed by atoms with Crippen LogP contribution in [0, 0.1) is 0 Å². The normalized spacial score (nSPS) is 17.1. The molecule has 1 aliphatic heterocycles. The molecule has 1 aromatic rings. The minimum absolute atomic E-state index is 0.292. The smallest absolute Gasteiger partial charge is 0.393 e. The first-order valence-corrected chi connectivity index (χ1v) is 6.68. The molecule has 1 saturated heterocycles. The molecule has 1 aliphatic rings. The van der Waals surface area contributed by atoms with Crippen molar-refractivity contribution in [3.05, 3.63) is 29.8 Å². The highest BCUT2D eigenvalue weighted by molar-refractivity contribution is 7.80. The van der Waals surface area contributed by atoms with Gasteiger partial charge in [-0.3, -0.25) is 0 Å². The topological polar surface area (TPSA) is 35.5 Å². The molecule has 0 radical (unpaired) electrons. The van der Waals surface area contributed by atoms with E-state index in [4.69, 9.17) is 12.2 Å². The molecule has 0 aliphatic carbocycles. The van der Waals surface area contributed by atoms with E-state index in [1.165, 1.54) is 12.1 Å². The fourth-order valence-corrected chi connectivity index (χ4v) is 2.31. The lowest BCUT2D eigenvalue weighted by Crippen LogP contribution is -2.42. The molecule has 1 aromatic carbocycles. The summed E-state index contributed by atoms with van der Waals surface area (Å²) in [5.41, 5.74) is -0.163. The molecule has 20 heavy (non-hydrogen) atoms. The van der Waals surface area contributed by atoms with E-state index in [0.717, 1.165) is 12.1 Å². The number of nitrogens with zero attached hydrogens (tertiary/aromatic N) is 1. The summed E-state index contributed by atoms with van der Waals surface area (Å²) in [4.78, 5) is 1.90. The number of alkyl halides is 3. The second kappa shape index (κ2) is 5.97. The van der Waals surface area contributed by atoms with E-state index < -0.39 is 11.7 Å². The Balaban J connectivity index is 1.94. The Labute approximate surface area is 120 Å². The van der Waals surface area contributed by atoms with Crippen LogP contribution in [0.25, 0.3) is 0 Å². The molecule has 7 heteroatoms. The summed E-state index contributed by atoms with van der Waals surface area (Å²) in [7, 11) is 0. The molecule has 1 fully saturated rings. The lowest BCUT2D eigenvalue weighted by molar-refractivity contribution is -0.137. The zero-order chi connectivity index (χ0) is 14.8. The van der Waals surface area contributed by atoms with Crippen molar-refractivity contribution >= 4 is 23.0 Å². The van der Waals surface area contributed by atoms with Crippen molar-refractivity contribution in [2.45, 2.75) is 25.1 Å². The van der Waals surface area contributed by atoms with Crippen molar-refractivity contribution in [2.75, 3.05) is 18.4 Å². The molecule has 0 saturated carbocycles. The number of nitrogens with one attached hydrogen (secondary N) is 1. The van der Waals surface area contributed by atoms with E-state index in [1.54, 1.807) is 0 Å². The van der Waals surface area contributed by atoms with Crippen molar-refractivity contribution in [2.24, 2.45) is 0 Å². The standard InChI is InChI=1S/C13H15F3N2OS/c14-13(15,16)9-1-3-10(4-2-9)17-12(20)18-7-5-11(19)6-8-18/h1-4,11,19H,5-8H2,(H,17,20). The summed E-state index contributed by atoms with van der Waals surface area (Å²) in [6, 6.07) is 4.75. The van der Waals surface area contributed by atoms with E-state index in [0.29, 0.717) is 36.7 Å². The van der Waals surface area contributed by atoms with Crippen LogP contribution in [0.3, 0.4) is 0 Å². The van der Waals surface area contributed by atoms with Crippen LogP contribution in [-0.4, -0.2) is 34.3 Å². The highest BCUT2D eigenvalue weighted by Gasteiger charge is 2.30. The molecule has 2 rings (SSSR count). The summed E-state index contributed by atoms with van der Waals surface area (Å²) in [5, 5.41) is 12.8. The van der Waals surface area contributed by atoms with Crippen LogP contribution in [0.15, 0.2) is 24.3 Å². The van der Waals surface area contributed by atoms with Gasteiger partial charge in [0.15, 0.2) is 5.11 Å². The number of likely N-dealkylation sites (tertiary alicyclic amines) is 1. The first-order chi connectivity index (χ1) is 9.36. The minimum atomic E-state index is -4.33. The lowest BCUT2D eigenvalue weighted by atomic mass is 10.1. The van der Waals surface area contributed by atoms with Gasteiger partial charge in [-0.1, -0.05) is 0 Å². The number of hydrogen-bond acceptors (Lipinski definition) is 2. The Bertz CT molecular complexity index is 467. The van der Waals surface area contributed by atoms with Gasteiger partial charge in [0.1, 0.15) is 0 Å². The van der Waals surface area contributed by atoms with Crippen LogP contribution >= 0.6 is 12.2 Å². The van der Waals surface area contributed by atoms with Crippen molar-refractivity contribution in [1.82, 2.24) is 4.90 Å². The predicted octanol–water partition coefficient (Wildman–Crippen LogP) is 2.86. The Hall–Kier alpha value is -1.34. The van der Waals surface area contributed by atoms with E-state index in [-0.39, 0.29) is 6.10 Å². The molecule has 0 unspecified atom stereocenters. The minimum Gasteiger partial charge on any atom is -0.393 e. The molecular formula is C13H15F3N2OS. The summed E-state index contributed by atoms with van der Waals surface area (Å²) in [6.45, 7) is 1.29. The molecule has 3 nitrogen and oxygen atoms in total. The molecule has 0 atom stereocenters. The van der Waals surface area contributed by atoms with Gasteiger partial charge < -0.3 is 15.3 Å².